The van der Waals surface area contributed by atoms with Gasteiger partial charge in [-0.1, -0.05) is 6.07 Å². The average molecular weight is 348 g/mol. The van der Waals surface area contributed by atoms with E-state index in [1.165, 1.54) is 7.11 Å². The summed E-state index contributed by atoms with van der Waals surface area (Å²) in [6, 6.07) is 5.02. The maximum Gasteiger partial charge on any atom is 0.494 e. The van der Waals surface area contributed by atoms with Crippen molar-refractivity contribution in [3.63, 3.8) is 0 Å². The van der Waals surface area contributed by atoms with Crippen LogP contribution in [0.25, 0.3) is 0 Å². The van der Waals surface area contributed by atoms with Crippen LogP contribution in [0.3, 0.4) is 0 Å². The number of thioether (sulfide) groups is 1. The van der Waals surface area contributed by atoms with E-state index in [0.717, 1.165) is 0 Å². The van der Waals surface area contributed by atoms with Gasteiger partial charge in [0.15, 0.2) is 0 Å². The summed E-state index contributed by atoms with van der Waals surface area (Å²) in [5, 5.41) is 0. The number of rotatable bonds is 4. The van der Waals surface area contributed by atoms with Crippen LogP contribution >= 0.6 is 11.8 Å². The molecule has 0 amide bonds. The Morgan fingerprint density at radius 1 is 1.13 bits per heavy atom. The monoisotopic (exact) mass is 348 g/mol. The number of hydrogen-bond donors (Lipinski definition) is 0. The summed E-state index contributed by atoms with van der Waals surface area (Å²) >= 11 is 0.690. The second-order valence-corrected chi connectivity index (χ2v) is 7.42. The number of halogens is 3. The fourth-order valence-corrected chi connectivity index (χ4v) is 2.92. The topological polar surface area (TPSA) is 27.7 Å². The van der Waals surface area contributed by atoms with Gasteiger partial charge in [0.1, 0.15) is 5.75 Å². The summed E-state index contributed by atoms with van der Waals surface area (Å²) in [5.74, 6) is -0.574. The van der Waals surface area contributed by atoms with Crippen LogP contribution in [0.15, 0.2) is 23.1 Å². The van der Waals surface area contributed by atoms with Crippen molar-refractivity contribution in [3.8, 4) is 5.75 Å². The molecule has 0 spiro atoms. The fourth-order valence-electron chi connectivity index (χ4n) is 2.09. The van der Waals surface area contributed by atoms with Gasteiger partial charge in [0.2, 0.25) is 0 Å². The zero-order valence-electron chi connectivity index (χ0n) is 13.8. The average Bonchev–Trinajstić information content (AvgIpc) is 2.64. The number of ether oxygens (including phenoxy) is 1. The zero-order chi connectivity index (χ0) is 17.5. The highest BCUT2D eigenvalue weighted by Gasteiger charge is 2.51. The minimum Gasteiger partial charge on any atom is -0.496 e. The molecule has 2 rings (SSSR count). The third-order valence-electron chi connectivity index (χ3n) is 4.10. The van der Waals surface area contributed by atoms with E-state index in [2.05, 4.69) is 0 Å². The molecule has 8 heteroatoms. The summed E-state index contributed by atoms with van der Waals surface area (Å²) in [7, 11) is 0.817. The van der Waals surface area contributed by atoms with Gasteiger partial charge >= 0.3 is 13.3 Å². The molecular formula is C15H20BF3O3S. The van der Waals surface area contributed by atoms with E-state index in [1.54, 1.807) is 18.2 Å². The van der Waals surface area contributed by atoms with Crippen LogP contribution in [-0.2, 0) is 9.31 Å². The Bertz CT molecular complexity index is 560. The highest BCUT2D eigenvalue weighted by atomic mass is 32.2. The molecule has 128 valence electrons. The Kier molecular flexibility index (Phi) is 5.00. The number of hydrogen-bond acceptors (Lipinski definition) is 4. The summed E-state index contributed by atoms with van der Waals surface area (Å²) < 4.78 is 54.4. The Balaban J connectivity index is 2.24. The van der Waals surface area contributed by atoms with Gasteiger partial charge < -0.3 is 14.0 Å². The molecule has 1 aromatic rings. The Morgan fingerprint density at radius 2 is 1.70 bits per heavy atom. The summed E-state index contributed by atoms with van der Waals surface area (Å²) in [4.78, 5) is 0.414. The molecule has 3 nitrogen and oxygen atoms in total. The van der Waals surface area contributed by atoms with Gasteiger partial charge in [-0.2, -0.15) is 13.2 Å². The highest BCUT2D eigenvalue weighted by molar-refractivity contribution is 7.99. The maximum absolute atomic E-state index is 12.5. The molecular weight excluding hydrogens is 328 g/mol. The van der Waals surface area contributed by atoms with Crippen LogP contribution in [0, 0.1) is 0 Å². The van der Waals surface area contributed by atoms with Gasteiger partial charge in [-0.05, 0) is 45.3 Å². The van der Waals surface area contributed by atoms with Crippen LogP contribution < -0.4 is 10.2 Å². The predicted octanol–water partition coefficient (Wildman–Crippen LogP) is 3.65. The molecule has 0 bridgehead atoms. The lowest BCUT2D eigenvalue weighted by Crippen LogP contribution is -2.41. The largest absolute Gasteiger partial charge is 0.496 e. The van der Waals surface area contributed by atoms with Crippen molar-refractivity contribution in [1.29, 1.82) is 0 Å². The Labute approximate surface area is 139 Å². The van der Waals surface area contributed by atoms with Crippen molar-refractivity contribution in [2.24, 2.45) is 0 Å². The first kappa shape index (κ1) is 18.5. The number of methoxy groups -OCH3 is 1. The van der Waals surface area contributed by atoms with E-state index < -0.39 is 30.2 Å². The smallest absolute Gasteiger partial charge is 0.494 e. The van der Waals surface area contributed by atoms with Crippen LogP contribution in [0.2, 0.25) is 0 Å². The van der Waals surface area contributed by atoms with Crippen LogP contribution in [0.4, 0.5) is 13.2 Å². The summed E-state index contributed by atoms with van der Waals surface area (Å²) in [5.41, 5.74) is -0.331. The van der Waals surface area contributed by atoms with Gasteiger partial charge in [0, 0.05) is 4.90 Å². The van der Waals surface area contributed by atoms with E-state index in [1.807, 2.05) is 27.7 Å². The maximum atomic E-state index is 12.5. The first-order valence-corrected chi connectivity index (χ1v) is 8.17. The molecule has 1 saturated heterocycles. The lowest BCUT2D eigenvalue weighted by atomic mass is 9.79. The molecule has 1 aromatic carbocycles. The second kappa shape index (κ2) is 6.22. The molecule has 1 fully saturated rings. The van der Waals surface area contributed by atoms with Crippen molar-refractivity contribution in [1.82, 2.24) is 0 Å². The van der Waals surface area contributed by atoms with Crippen molar-refractivity contribution < 1.29 is 27.2 Å². The molecule has 0 N–H and O–H groups in total. The summed E-state index contributed by atoms with van der Waals surface area (Å²) in [6.07, 6.45) is -4.24. The van der Waals surface area contributed by atoms with Crippen molar-refractivity contribution in [3.05, 3.63) is 18.2 Å². The number of benzene rings is 1. The molecule has 0 saturated carbocycles. The molecule has 1 heterocycles. The van der Waals surface area contributed by atoms with Gasteiger partial charge in [-0.15, -0.1) is 11.8 Å². The quantitative estimate of drug-likeness (QED) is 0.613. The molecule has 23 heavy (non-hydrogen) atoms. The molecule has 1 aliphatic rings. The van der Waals surface area contributed by atoms with Crippen molar-refractivity contribution in [2.45, 2.75) is 50.0 Å². The molecule has 0 atom stereocenters. The molecule has 0 aromatic heterocycles. The first-order chi connectivity index (χ1) is 10.5. The Morgan fingerprint density at radius 3 is 2.17 bits per heavy atom. The van der Waals surface area contributed by atoms with E-state index in [4.69, 9.17) is 14.0 Å². The van der Waals surface area contributed by atoms with Crippen LogP contribution in [-0.4, -0.2) is 37.4 Å². The van der Waals surface area contributed by atoms with Gasteiger partial charge in [-0.3, -0.25) is 0 Å². The predicted molar refractivity (Wildman–Crippen MR) is 85.5 cm³/mol. The Hall–Kier alpha value is -0.855. The highest BCUT2D eigenvalue weighted by Crippen LogP contribution is 2.38. The van der Waals surface area contributed by atoms with E-state index >= 15 is 0 Å². The third-order valence-corrected chi connectivity index (χ3v) is 5.21. The molecule has 0 aliphatic carbocycles. The lowest BCUT2D eigenvalue weighted by Gasteiger charge is -2.32. The fraction of sp³-hybridized carbons (Fsp3) is 0.600. The van der Waals surface area contributed by atoms with E-state index in [9.17, 15) is 13.2 Å². The lowest BCUT2D eigenvalue weighted by molar-refractivity contribution is -0.105. The first-order valence-electron chi connectivity index (χ1n) is 7.18. The van der Waals surface area contributed by atoms with Crippen LogP contribution in [0.1, 0.15) is 27.7 Å². The minimum absolute atomic E-state index is 0.402. The minimum atomic E-state index is -4.24. The van der Waals surface area contributed by atoms with Crippen molar-refractivity contribution in [2.75, 3.05) is 12.9 Å². The van der Waals surface area contributed by atoms with Crippen molar-refractivity contribution >= 4 is 24.3 Å². The standard InChI is InChI=1S/C15H20BF3O3S/c1-13(2)14(3,4)22-16(21-13)10-6-7-11(20-5)12(8-10)23-9-15(17,18)19/h6-8H,9H2,1-5H3. The summed E-state index contributed by atoms with van der Waals surface area (Å²) in [6.45, 7) is 7.71. The zero-order valence-corrected chi connectivity index (χ0v) is 14.6. The van der Waals surface area contributed by atoms with E-state index in [0.29, 0.717) is 27.9 Å². The van der Waals surface area contributed by atoms with Gasteiger partial charge in [-0.25, -0.2) is 0 Å². The number of alkyl halides is 3. The van der Waals surface area contributed by atoms with Gasteiger partial charge in [0.05, 0.1) is 24.1 Å². The normalized spacial score (nSPS) is 19.9. The second-order valence-electron chi connectivity index (χ2n) is 6.40. The molecule has 0 unspecified atom stereocenters. The molecule has 1 aliphatic heterocycles. The third kappa shape index (κ3) is 4.16. The van der Waals surface area contributed by atoms with E-state index in [-0.39, 0.29) is 0 Å². The van der Waals surface area contributed by atoms with Gasteiger partial charge in [0.25, 0.3) is 0 Å². The molecule has 0 radical (unpaired) electrons. The van der Waals surface area contributed by atoms with Crippen LogP contribution in [0.5, 0.6) is 5.75 Å². The SMILES string of the molecule is COc1ccc(B2OC(C)(C)C(C)(C)O2)cc1SCC(F)(F)F.